The zero-order chi connectivity index (χ0) is 17.7. The number of fused-ring (bicyclic) bond motifs is 1. The van der Waals surface area contributed by atoms with Crippen LogP contribution in [0.3, 0.4) is 0 Å². The SMILES string of the molecule is C=CC[C@@]12OC3(CCCC3)O[C@@H]1[C@@H](CI)O[C@H]2n1ccc(=O)[nH]c1=O. The molecule has 0 radical (unpaired) electrons. The Labute approximate surface area is 158 Å². The lowest BCUT2D eigenvalue weighted by atomic mass is 9.90. The third-order valence-electron chi connectivity index (χ3n) is 5.34. The molecule has 2 saturated heterocycles. The van der Waals surface area contributed by atoms with Crippen LogP contribution in [0.15, 0.2) is 34.5 Å². The highest BCUT2D eigenvalue weighted by Gasteiger charge is 2.68. The summed E-state index contributed by atoms with van der Waals surface area (Å²) in [6.45, 7) is 3.87. The first kappa shape index (κ1) is 17.4. The summed E-state index contributed by atoms with van der Waals surface area (Å²) in [7, 11) is 0. The summed E-state index contributed by atoms with van der Waals surface area (Å²) in [6, 6.07) is 1.32. The summed E-state index contributed by atoms with van der Waals surface area (Å²) in [6.07, 6.45) is 6.45. The van der Waals surface area contributed by atoms with Gasteiger partial charge in [0.2, 0.25) is 0 Å². The predicted molar refractivity (Wildman–Crippen MR) is 98.8 cm³/mol. The fourth-order valence-corrected chi connectivity index (χ4v) is 5.01. The summed E-state index contributed by atoms with van der Waals surface area (Å²) in [4.78, 5) is 26.1. The summed E-state index contributed by atoms with van der Waals surface area (Å²) in [5, 5.41) is 0. The molecule has 136 valence electrons. The maximum Gasteiger partial charge on any atom is 0.330 e. The Bertz CT molecular complexity index is 784. The lowest BCUT2D eigenvalue weighted by Gasteiger charge is -2.33. The van der Waals surface area contributed by atoms with Crippen molar-refractivity contribution in [3.63, 3.8) is 0 Å². The van der Waals surface area contributed by atoms with Gasteiger partial charge in [0, 0.05) is 36.0 Å². The molecule has 0 amide bonds. The van der Waals surface area contributed by atoms with Crippen molar-refractivity contribution in [2.75, 3.05) is 4.43 Å². The van der Waals surface area contributed by atoms with Crippen molar-refractivity contribution in [2.24, 2.45) is 0 Å². The molecule has 0 aromatic carbocycles. The van der Waals surface area contributed by atoms with Gasteiger partial charge in [-0.2, -0.15) is 0 Å². The summed E-state index contributed by atoms with van der Waals surface area (Å²) < 4.78 is 21.3. The number of alkyl halides is 1. The first-order valence-electron chi connectivity index (χ1n) is 8.55. The Kier molecular flexibility index (Phi) is 4.41. The number of hydrogen-bond acceptors (Lipinski definition) is 5. The number of H-pyrrole nitrogens is 1. The fourth-order valence-electron chi connectivity index (χ4n) is 4.34. The summed E-state index contributed by atoms with van der Waals surface area (Å²) >= 11 is 2.26. The number of ether oxygens (including phenoxy) is 3. The second kappa shape index (κ2) is 6.33. The van der Waals surface area contributed by atoms with Gasteiger partial charge in [0.25, 0.3) is 5.56 Å². The van der Waals surface area contributed by atoms with Gasteiger partial charge < -0.3 is 14.2 Å². The normalized spacial score (nSPS) is 36.0. The van der Waals surface area contributed by atoms with Crippen LogP contribution in [0.25, 0.3) is 0 Å². The van der Waals surface area contributed by atoms with Crippen molar-refractivity contribution in [1.82, 2.24) is 9.55 Å². The van der Waals surface area contributed by atoms with Gasteiger partial charge in [-0.05, 0) is 12.8 Å². The minimum absolute atomic E-state index is 0.190. The van der Waals surface area contributed by atoms with Crippen molar-refractivity contribution in [3.05, 3.63) is 45.8 Å². The van der Waals surface area contributed by atoms with E-state index in [4.69, 9.17) is 14.2 Å². The smallest absolute Gasteiger partial charge is 0.330 e. The van der Waals surface area contributed by atoms with Crippen molar-refractivity contribution < 1.29 is 14.2 Å². The highest BCUT2D eigenvalue weighted by molar-refractivity contribution is 14.1. The molecule has 1 aliphatic carbocycles. The van der Waals surface area contributed by atoms with Gasteiger partial charge in [-0.15, -0.1) is 6.58 Å². The van der Waals surface area contributed by atoms with Crippen LogP contribution >= 0.6 is 22.6 Å². The molecule has 25 heavy (non-hydrogen) atoms. The number of rotatable bonds is 4. The van der Waals surface area contributed by atoms with Crippen LogP contribution in [-0.4, -0.2) is 37.6 Å². The van der Waals surface area contributed by atoms with E-state index >= 15 is 0 Å². The van der Waals surface area contributed by atoms with Crippen LogP contribution in [0.1, 0.15) is 38.3 Å². The zero-order valence-electron chi connectivity index (χ0n) is 13.8. The van der Waals surface area contributed by atoms with E-state index in [1.165, 1.54) is 16.8 Å². The first-order valence-corrected chi connectivity index (χ1v) is 10.1. The summed E-state index contributed by atoms with van der Waals surface area (Å²) in [5.74, 6) is -0.592. The van der Waals surface area contributed by atoms with Gasteiger partial charge in [-0.25, -0.2) is 4.79 Å². The van der Waals surface area contributed by atoms with E-state index in [0.29, 0.717) is 6.42 Å². The van der Waals surface area contributed by atoms with Crippen molar-refractivity contribution in [2.45, 2.75) is 61.9 Å². The van der Waals surface area contributed by atoms with Gasteiger partial charge in [-0.3, -0.25) is 14.3 Å². The van der Waals surface area contributed by atoms with Crippen LogP contribution in [0.4, 0.5) is 0 Å². The second-order valence-corrected chi connectivity index (χ2v) is 7.79. The van der Waals surface area contributed by atoms with E-state index in [9.17, 15) is 9.59 Å². The quantitative estimate of drug-likeness (QED) is 0.422. The van der Waals surface area contributed by atoms with E-state index in [-0.39, 0.29) is 12.2 Å². The largest absolute Gasteiger partial charge is 0.348 e. The fraction of sp³-hybridized carbons (Fsp3) is 0.647. The van der Waals surface area contributed by atoms with E-state index in [0.717, 1.165) is 30.1 Å². The molecule has 0 unspecified atom stereocenters. The molecule has 1 spiro atoms. The summed E-state index contributed by atoms with van der Waals surface area (Å²) in [5.41, 5.74) is -1.76. The van der Waals surface area contributed by atoms with E-state index < -0.39 is 28.9 Å². The Morgan fingerprint density at radius 2 is 2.16 bits per heavy atom. The molecule has 1 aromatic rings. The van der Waals surface area contributed by atoms with Crippen LogP contribution in [0, 0.1) is 0 Å². The average molecular weight is 460 g/mol. The van der Waals surface area contributed by atoms with Gasteiger partial charge in [0.15, 0.2) is 12.0 Å². The zero-order valence-corrected chi connectivity index (χ0v) is 15.9. The van der Waals surface area contributed by atoms with Crippen molar-refractivity contribution in [1.29, 1.82) is 0 Å². The van der Waals surface area contributed by atoms with Gasteiger partial charge >= 0.3 is 5.69 Å². The third kappa shape index (κ3) is 2.65. The van der Waals surface area contributed by atoms with Gasteiger partial charge in [-0.1, -0.05) is 28.7 Å². The maximum atomic E-state index is 12.4. The number of halogens is 1. The average Bonchev–Trinajstić information content (AvgIpc) is 3.22. The van der Waals surface area contributed by atoms with Crippen LogP contribution in [0.2, 0.25) is 0 Å². The van der Waals surface area contributed by atoms with Crippen LogP contribution in [0.5, 0.6) is 0 Å². The van der Waals surface area contributed by atoms with E-state index in [2.05, 4.69) is 34.2 Å². The lowest BCUT2D eigenvalue weighted by Crippen LogP contribution is -2.47. The van der Waals surface area contributed by atoms with Crippen LogP contribution < -0.4 is 11.2 Å². The molecule has 4 atom stereocenters. The Morgan fingerprint density at radius 3 is 2.80 bits per heavy atom. The minimum atomic E-state index is -0.815. The molecule has 4 rings (SSSR count). The molecular formula is C17H21IN2O5. The van der Waals surface area contributed by atoms with E-state index in [1.54, 1.807) is 6.08 Å². The topological polar surface area (TPSA) is 82.6 Å². The minimum Gasteiger partial charge on any atom is -0.348 e. The molecule has 3 aliphatic rings. The monoisotopic (exact) mass is 460 g/mol. The van der Waals surface area contributed by atoms with Crippen molar-refractivity contribution in [3.8, 4) is 0 Å². The van der Waals surface area contributed by atoms with Crippen LogP contribution in [-0.2, 0) is 14.2 Å². The van der Waals surface area contributed by atoms with Gasteiger partial charge in [0.05, 0.1) is 6.10 Å². The molecule has 8 heteroatoms. The molecule has 3 fully saturated rings. The van der Waals surface area contributed by atoms with Crippen molar-refractivity contribution >= 4 is 22.6 Å². The number of aromatic amines is 1. The third-order valence-corrected chi connectivity index (χ3v) is 6.21. The Balaban J connectivity index is 1.82. The second-order valence-electron chi connectivity index (χ2n) is 6.90. The standard InChI is InChI=1S/C17H21IN2O5/c1-2-6-17-13(24-16(25-17)7-3-4-8-16)11(10-18)23-14(17)20-9-5-12(21)19-15(20)22/h2,5,9,11,13-14H,1,3-4,6-8,10H2,(H,19,21,22)/t11-,13-,14-,17-/m1/s1. The molecular weight excluding hydrogens is 439 g/mol. The molecule has 2 aliphatic heterocycles. The number of nitrogens with one attached hydrogen (secondary N) is 1. The molecule has 1 aromatic heterocycles. The molecule has 0 bridgehead atoms. The number of aromatic nitrogens is 2. The highest BCUT2D eigenvalue weighted by Crippen LogP contribution is 2.56. The van der Waals surface area contributed by atoms with Gasteiger partial charge in [0.1, 0.15) is 11.7 Å². The highest BCUT2D eigenvalue weighted by atomic mass is 127. The predicted octanol–water partition coefficient (Wildman–Crippen LogP) is 1.87. The Morgan fingerprint density at radius 1 is 1.40 bits per heavy atom. The lowest BCUT2D eigenvalue weighted by molar-refractivity contribution is -0.231. The molecule has 1 N–H and O–H groups in total. The number of nitrogens with zero attached hydrogens (tertiary/aromatic N) is 1. The van der Waals surface area contributed by atoms with E-state index in [1.807, 2.05) is 0 Å². The molecule has 1 saturated carbocycles. The maximum absolute atomic E-state index is 12.4. The first-order chi connectivity index (χ1) is 12.0. The Hall–Kier alpha value is -0.970. The molecule has 3 heterocycles. The molecule has 7 nitrogen and oxygen atoms in total. The number of hydrogen-bond donors (Lipinski definition) is 1.